The molecule has 0 aliphatic rings. The molecule has 22 heavy (non-hydrogen) atoms. The maximum atomic E-state index is 12.3. The van der Waals surface area contributed by atoms with Crippen LogP contribution in [0, 0.1) is 0 Å². The number of nitrogens with one attached hydrogen (secondary N) is 1. The maximum Gasteiger partial charge on any atom is 0.238 e. The number of sulfone groups is 1. The molecule has 0 heterocycles. The van der Waals surface area contributed by atoms with Crippen molar-refractivity contribution < 1.29 is 13.2 Å². The van der Waals surface area contributed by atoms with Gasteiger partial charge in [-0.05, 0) is 31.0 Å². The van der Waals surface area contributed by atoms with Crippen molar-refractivity contribution >= 4 is 31.7 Å². The van der Waals surface area contributed by atoms with Crippen LogP contribution >= 0.6 is 15.9 Å². The van der Waals surface area contributed by atoms with Crippen LogP contribution in [-0.4, -0.2) is 26.1 Å². The number of carbonyl (C=O) groups excluding carboxylic acids is 1. The Morgan fingerprint density at radius 3 is 2.64 bits per heavy atom. The second kappa shape index (κ2) is 9.30. The lowest BCUT2D eigenvalue weighted by atomic mass is 10.2. The molecule has 4 nitrogen and oxygen atoms in total. The second-order valence-corrected chi connectivity index (χ2v) is 8.67. The third-order valence-corrected chi connectivity index (χ3v) is 6.01. The van der Waals surface area contributed by atoms with Crippen molar-refractivity contribution in [2.75, 3.05) is 6.54 Å². The molecule has 1 aromatic rings. The molecule has 1 amide bonds. The molecule has 0 spiro atoms. The zero-order chi connectivity index (χ0) is 16.6. The first kappa shape index (κ1) is 19.2. The van der Waals surface area contributed by atoms with Crippen LogP contribution in [0.25, 0.3) is 0 Å². The van der Waals surface area contributed by atoms with E-state index in [1.165, 1.54) is 6.92 Å². The highest BCUT2D eigenvalue weighted by molar-refractivity contribution is 9.10. The number of halogens is 1. The molecule has 0 aliphatic heterocycles. The van der Waals surface area contributed by atoms with Crippen LogP contribution in [0.1, 0.15) is 45.1 Å². The topological polar surface area (TPSA) is 63.2 Å². The summed E-state index contributed by atoms with van der Waals surface area (Å²) in [6, 6.07) is 7.13. The molecule has 0 aromatic heterocycles. The molecule has 1 N–H and O–H groups in total. The van der Waals surface area contributed by atoms with Crippen molar-refractivity contribution in [3.05, 3.63) is 34.3 Å². The summed E-state index contributed by atoms with van der Waals surface area (Å²) < 4.78 is 25.5. The highest BCUT2D eigenvalue weighted by atomic mass is 79.9. The van der Waals surface area contributed by atoms with Crippen LogP contribution in [0.2, 0.25) is 0 Å². The summed E-state index contributed by atoms with van der Waals surface area (Å²) in [6.45, 7) is 4.11. The van der Waals surface area contributed by atoms with Gasteiger partial charge in [-0.25, -0.2) is 8.42 Å². The Morgan fingerprint density at radius 1 is 1.27 bits per heavy atom. The fourth-order valence-corrected chi connectivity index (χ4v) is 3.80. The van der Waals surface area contributed by atoms with E-state index in [-0.39, 0.29) is 5.75 Å². The minimum absolute atomic E-state index is 0.128. The smallest absolute Gasteiger partial charge is 0.238 e. The van der Waals surface area contributed by atoms with Gasteiger partial charge in [0.1, 0.15) is 5.25 Å². The van der Waals surface area contributed by atoms with Gasteiger partial charge >= 0.3 is 0 Å². The van der Waals surface area contributed by atoms with Crippen molar-refractivity contribution in [1.29, 1.82) is 0 Å². The van der Waals surface area contributed by atoms with E-state index in [1.54, 1.807) is 18.2 Å². The van der Waals surface area contributed by atoms with E-state index in [9.17, 15) is 13.2 Å². The van der Waals surface area contributed by atoms with Gasteiger partial charge in [0.05, 0.1) is 5.75 Å². The van der Waals surface area contributed by atoms with Gasteiger partial charge in [0.25, 0.3) is 0 Å². The third-order valence-electron chi connectivity index (χ3n) is 3.49. The van der Waals surface area contributed by atoms with Gasteiger partial charge in [0.15, 0.2) is 9.84 Å². The third kappa shape index (κ3) is 6.48. The zero-order valence-electron chi connectivity index (χ0n) is 13.1. The van der Waals surface area contributed by atoms with Crippen LogP contribution in [0.15, 0.2) is 28.7 Å². The number of unbranched alkanes of at least 4 members (excludes halogenated alkanes) is 3. The number of hydrogen-bond donors (Lipinski definition) is 1. The van der Waals surface area contributed by atoms with Crippen molar-refractivity contribution in [3.63, 3.8) is 0 Å². The molecule has 0 bridgehead atoms. The van der Waals surface area contributed by atoms with Crippen molar-refractivity contribution in [2.45, 2.75) is 50.5 Å². The molecule has 0 fully saturated rings. The number of hydrogen-bond acceptors (Lipinski definition) is 3. The van der Waals surface area contributed by atoms with Crippen LogP contribution in [0.3, 0.4) is 0 Å². The minimum Gasteiger partial charge on any atom is -0.355 e. The molecule has 1 atom stereocenters. The van der Waals surface area contributed by atoms with Gasteiger partial charge in [-0.15, -0.1) is 0 Å². The first-order valence-electron chi connectivity index (χ1n) is 7.60. The molecule has 0 saturated carbocycles. The fraction of sp³-hybridized carbons (Fsp3) is 0.562. The van der Waals surface area contributed by atoms with E-state index in [0.717, 1.165) is 30.2 Å². The summed E-state index contributed by atoms with van der Waals surface area (Å²) in [5.74, 6) is -0.539. The van der Waals surface area contributed by atoms with Crippen LogP contribution in [-0.2, 0) is 20.4 Å². The van der Waals surface area contributed by atoms with Crippen LogP contribution in [0.5, 0.6) is 0 Å². The molecule has 1 rings (SSSR count). The van der Waals surface area contributed by atoms with Crippen LogP contribution < -0.4 is 5.32 Å². The fourth-order valence-electron chi connectivity index (χ4n) is 2.05. The molecular weight excluding hydrogens is 366 g/mol. The van der Waals surface area contributed by atoms with Crippen molar-refractivity contribution in [2.24, 2.45) is 0 Å². The quantitative estimate of drug-likeness (QED) is 0.657. The summed E-state index contributed by atoms with van der Waals surface area (Å²) in [5.41, 5.74) is 0.678. The average molecular weight is 390 g/mol. The molecule has 6 heteroatoms. The Morgan fingerprint density at radius 2 is 2.00 bits per heavy atom. The Hall–Kier alpha value is -0.880. The van der Waals surface area contributed by atoms with Crippen LogP contribution in [0.4, 0.5) is 0 Å². The van der Waals surface area contributed by atoms with E-state index in [4.69, 9.17) is 0 Å². The summed E-state index contributed by atoms with van der Waals surface area (Å²) in [7, 11) is -3.51. The molecule has 1 aromatic carbocycles. The normalized spacial score (nSPS) is 12.9. The van der Waals surface area contributed by atoms with Gasteiger partial charge in [-0.3, -0.25) is 4.79 Å². The summed E-state index contributed by atoms with van der Waals surface area (Å²) in [6.07, 6.45) is 4.20. The van der Waals surface area contributed by atoms with Gasteiger partial charge in [0.2, 0.25) is 5.91 Å². The van der Waals surface area contributed by atoms with E-state index >= 15 is 0 Å². The largest absolute Gasteiger partial charge is 0.355 e. The highest BCUT2D eigenvalue weighted by Crippen LogP contribution is 2.16. The number of carbonyl (C=O) groups is 1. The minimum atomic E-state index is -3.51. The number of amides is 1. The van der Waals surface area contributed by atoms with Gasteiger partial charge in [-0.1, -0.05) is 54.2 Å². The van der Waals surface area contributed by atoms with E-state index in [1.807, 2.05) is 6.07 Å². The van der Waals surface area contributed by atoms with Gasteiger partial charge in [-0.2, -0.15) is 0 Å². The molecule has 0 saturated heterocycles. The van der Waals surface area contributed by atoms with Gasteiger partial charge in [0, 0.05) is 11.0 Å². The molecule has 0 radical (unpaired) electrons. The number of rotatable bonds is 9. The summed E-state index contributed by atoms with van der Waals surface area (Å²) >= 11 is 3.32. The zero-order valence-corrected chi connectivity index (χ0v) is 15.5. The standard InChI is InChI=1S/C16H24BrNO3S/c1-3-4-5-6-10-18-16(19)13(2)22(20,21)12-14-8-7-9-15(17)11-14/h7-9,11,13H,3-6,10,12H2,1-2H3,(H,18,19). The Bertz CT molecular complexity index is 587. The highest BCUT2D eigenvalue weighted by Gasteiger charge is 2.27. The SMILES string of the molecule is CCCCCCNC(=O)C(C)S(=O)(=O)Cc1cccc(Br)c1. The predicted octanol–water partition coefficient (Wildman–Crippen LogP) is 3.45. The van der Waals surface area contributed by atoms with E-state index in [2.05, 4.69) is 28.2 Å². The lowest BCUT2D eigenvalue weighted by Crippen LogP contribution is -2.38. The predicted molar refractivity (Wildman–Crippen MR) is 93.4 cm³/mol. The average Bonchev–Trinajstić information content (AvgIpc) is 2.45. The molecule has 1 unspecified atom stereocenters. The summed E-state index contributed by atoms with van der Waals surface area (Å²) in [4.78, 5) is 12.0. The monoisotopic (exact) mass is 389 g/mol. The molecule has 124 valence electrons. The lowest BCUT2D eigenvalue weighted by Gasteiger charge is -2.13. The van der Waals surface area contributed by atoms with E-state index < -0.39 is 21.0 Å². The maximum absolute atomic E-state index is 12.3. The van der Waals surface area contributed by atoms with Crippen molar-refractivity contribution in [3.8, 4) is 0 Å². The Balaban J connectivity index is 2.54. The molecule has 0 aliphatic carbocycles. The molecular formula is C16H24BrNO3S. The lowest BCUT2D eigenvalue weighted by molar-refractivity contribution is -0.120. The first-order valence-corrected chi connectivity index (χ1v) is 10.1. The number of benzene rings is 1. The summed E-state index contributed by atoms with van der Waals surface area (Å²) in [5, 5.41) is 1.69. The second-order valence-electron chi connectivity index (χ2n) is 5.43. The van der Waals surface area contributed by atoms with Gasteiger partial charge < -0.3 is 5.32 Å². The van der Waals surface area contributed by atoms with E-state index in [0.29, 0.717) is 12.1 Å². The Kier molecular flexibility index (Phi) is 8.10. The first-order chi connectivity index (χ1) is 10.4. The van der Waals surface area contributed by atoms with Crippen molar-refractivity contribution in [1.82, 2.24) is 5.32 Å². The Labute approximate surface area is 141 Å².